The van der Waals surface area contributed by atoms with Crippen LogP contribution in [-0.2, 0) is 16.1 Å². The molecule has 5 nitrogen and oxygen atoms in total. The van der Waals surface area contributed by atoms with Gasteiger partial charge in [0.15, 0.2) is 6.10 Å². The summed E-state index contributed by atoms with van der Waals surface area (Å²) in [5.74, 6) is 0.483. The van der Waals surface area contributed by atoms with Crippen LogP contribution in [0.3, 0.4) is 0 Å². The number of carboxylic acid groups (broad SMARTS) is 1. The molecule has 2 aromatic carbocycles. The Bertz CT molecular complexity index is 707. The molecule has 1 saturated heterocycles. The Morgan fingerprint density at radius 1 is 1.25 bits per heavy atom. The van der Waals surface area contributed by atoms with Crippen LogP contribution in [-0.4, -0.2) is 41.8 Å². The molecule has 1 unspecified atom stereocenters. The van der Waals surface area contributed by atoms with Crippen LogP contribution in [0.2, 0.25) is 5.02 Å². The predicted octanol–water partition coefficient (Wildman–Crippen LogP) is 3.42. The Morgan fingerprint density at radius 3 is 2.75 bits per heavy atom. The van der Waals surface area contributed by atoms with E-state index in [-0.39, 0.29) is 0 Å². The topological polar surface area (TPSA) is 59.0 Å². The molecule has 1 aliphatic rings. The highest BCUT2D eigenvalue weighted by molar-refractivity contribution is 6.31. The molecule has 0 saturated carbocycles. The average Bonchev–Trinajstić information content (AvgIpc) is 2.58. The standard InChI is InChI=1S/C18H18ClNO4/c19-16-10-15(24-14-4-2-1-3-5-14)7-6-13(16)11-20-8-9-23-17(12-20)18(21)22/h1-7,10,17H,8-9,11-12H2,(H,21,22). The van der Waals surface area contributed by atoms with Crippen molar-refractivity contribution in [2.24, 2.45) is 0 Å². The van der Waals surface area contributed by atoms with E-state index < -0.39 is 12.1 Å². The maximum atomic E-state index is 11.0. The van der Waals surface area contributed by atoms with E-state index in [1.165, 1.54) is 0 Å². The minimum atomic E-state index is -0.933. The molecule has 1 atom stereocenters. The molecule has 6 heteroatoms. The second kappa shape index (κ2) is 7.66. The summed E-state index contributed by atoms with van der Waals surface area (Å²) >= 11 is 6.36. The normalized spacial score (nSPS) is 18.3. The van der Waals surface area contributed by atoms with Crippen molar-refractivity contribution in [2.45, 2.75) is 12.6 Å². The Hall–Kier alpha value is -2.08. The quantitative estimate of drug-likeness (QED) is 0.898. The van der Waals surface area contributed by atoms with Gasteiger partial charge >= 0.3 is 5.97 Å². The molecule has 0 bridgehead atoms. The molecule has 1 heterocycles. The minimum Gasteiger partial charge on any atom is -0.479 e. The summed E-state index contributed by atoms with van der Waals surface area (Å²) in [5, 5.41) is 9.66. The first-order chi connectivity index (χ1) is 11.6. The van der Waals surface area contributed by atoms with Gasteiger partial charge in [0.25, 0.3) is 0 Å². The molecule has 1 aliphatic heterocycles. The number of halogens is 1. The van der Waals surface area contributed by atoms with Crippen LogP contribution < -0.4 is 4.74 Å². The van der Waals surface area contributed by atoms with Crippen molar-refractivity contribution in [1.29, 1.82) is 0 Å². The van der Waals surface area contributed by atoms with Gasteiger partial charge < -0.3 is 14.6 Å². The van der Waals surface area contributed by atoms with Gasteiger partial charge in [0.2, 0.25) is 0 Å². The highest BCUT2D eigenvalue weighted by atomic mass is 35.5. The smallest absolute Gasteiger partial charge is 0.334 e. The third-order valence-corrected chi connectivity index (χ3v) is 4.18. The molecule has 0 amide bonds. The molecular weight excluding hydrogens is 330 g/mol. The van der Waals surface area contributed by atoms with Crippen LogP contribution in [0.15, 0.2) is 48.5 Å². The maximum absolute atomic E-state index is 11.0. The van der Waals surface area contributed by atoms with E-state index in [9.17, 15) is 4.79 Å². The molecule has 24 heavy (non-hydrogen) atoms. The summed E-state index contributed by atoms with van der Waals surface area (Å²) < 4.78 is 11.0. The maximum Gasteiger partial charge on any atom is 0.334 e. The number of rotatable bonds is 5. The molecule has 2 aromatic rings. The number of hydrogen-bond acceptors (Lipinski definition) is 4. The lowest BCUT2D eigenvalue weighted by molar-refractivity contribution is -0.156. The molecule has 0 radical (unpaired) electrons. The van der Waals surface area contributed by atoms with E-state index in [1.54, 1.807) is 6.07 Å². The van der Waals surface area contributed by atoms with Gasteiger partial charge in [-0.2, -0.15) is 0 Å². The number of hydrogen-bond donors (Lipinski definition) is 1. The number of benzene rings is 2. The second-order valence-electron chi connectivity index (χ2n) is 5.60. The van der Waals surface area contributed by atoms with E-state index in [0.717, 1.165) is 11.3 Å². The summed E-state index contributed by atoms with van der Waals surface area (Å²) in [6.45, 7) is 2.03. The van der Waals surface area contributed by atoms with Gasteiger partial charge in [0.05, 0.1) is 6.61 Å². The zero-order chi connectivity index (χ0) is 16.9. The molecule has 0 spiro atoms. The first-order valence-electron chi connectivity index (χ1n) is 7.70. The highest BCUT2D eigenvalue weighted by Crippen LogP contribution is 2.27. The van der Waals surface area contributed by atoms with Crippen molar-refractivity contribution >= 4 is 17.6 Å². The first kappa shape index (κ1) is 16.8. The van der Waals surface area contributed by atoms with Crippen molar-refractivity contribution in [3.8, 4) is 11.5 Å². The number of aliphatic carboxylic acids is 1. The summed E-state index contributed by atoms with van der Waals surface area (Å²) in [6.07, 6.45) is -0.779. The monoisotopic (exact) mass is 347 g/mol. The fraction of sp³-hybridized carbons (Fsp3) is 0.278. The SMILES string of the molecule is O=C(O)C1CN(Cc2ccc(Oc3ccccc3)cc2Cl)CCO1. The molecule has 0 aromatic heterocycles. The van der Waals surface area contributed by atoms with Crippen LogP contribution >= 0.6 is 11.6 Å². The average molecular weight is 348 g/mol. The van der Waals surface area contributed by atoms with Gasteiger partial charge in [-0.15, -0.1) is 0 Å². The minimum absolute atomic E-state index is 0.355. The van der Waals surface area contributed by atoms with Crippen molar-refractivity contribution in [3.05, 3.63) is 59.1 Å². The Balaban J connectivity index is 1.65. The Labute approximate surface area is 145 Å². The van der Waals surface area contributed by atoms with E-state index in [0.29, 0.717) is 37.0 Å². The fourth-order valence-corrected chi connectivity index (χ4v) is 2.81. The van der Waals surface area contributed by atoms with E-state index in [2.05, 4.69) is 0 Å². The van der Waals surface area contributed by atoms with Crippen LogP contribution in [0.25, 0.3) is 0 Å². The summed E-state index contributed by atoms with van der Waals surface area (Å²) in [5.41, 5.74) is 0.933. The van der Waals surface area contributed by atoms with Gasteiger partial charge in [-0.1, -0.05) is 35.9 Å². The number of nitrogens with zero attached hydrogens (tertiary/aromatic N) is 1. The zero-order valence-corrected chi connectivity index (χ0v) is 13.8. The molecule has 1 N–H and O–H groups in total. The number of morpholine rings is 1. The van der Waals surface area contributed by atoms with Crippen LogP contribution in [0.1, 0.15) is 5.56 Å². The summed E-state index contributed by atoms with van der Waals surface area (Å²) in [4.78, 5) is 13.1. The van der Waals surface area contributed by atoms with Crippen LogP contribution in [0, 0.1) is 0 Å². The van der Waals surface area contributed by atoms with Crippen LogP contribution in [0.5, 0.6) is 11.5 Å². The lowest BCUT2D eigenvalue weighted by Crippen LogP contribution is -2.45. The van der Waals surface area contributed by atoms with Crippen LogP contribution in [0.4, 0.5) is 0 Å². The second-order valence-corrected chi connectivity index (χ2v) is 6.01. The molecule has 1 fully saturated rings. The van der Waals surface area contributed by atoms with Gasteiger partial charge in [-0.3, -0.25) is 4.90 Å². The highest BCUT2D eigenvalue weighted by Gasteiger charge is 2.26. The van der Waals surface area contributed by atoms with E-state index >= 15 is 0 Å². The van der Waals surface area contributed by atoms with Crippen molar-refractivity contribution in [1.82, 2.24) is 4.90 Å². The van der Waals surface area contributed by atoms with E-state index in [1.807, 2.05) is 47.4 Å². The Morgan fingerprint density at radius 2 is 2.04 bits per heavy atom. The lowest BCUT2D eigenvalue weighted by atomic mass is 10.1. The third-order valence-electron chi connectivity index (χ3n) is 3.82. The van der Waals surface area contributed by atoms with Crippen molar-refractivity contribution in [3.63, 3.8) is 0 Å². The van der Waals surface area contributed by atoms with Gasteiger partial charge in [0, 0.05) is 24.7 Å². The summed E-state index contributed by atoms with van der Waals surface area (Å²) in [6, 6.07) is 15.0. The third kappa shape index (κ3) is 4.26. The van der Waals surface area contributed by atoms with Gasteiger partial charge in [-0.25, -0.2) is 4.79 Å². The van der Waals surface area contributed by atoms with E-state index in [4.69, 9.17) is 26.2 Å². The van der Waals surface area contributed by atoms with Crippen molar-refractivity contribution < 1.29 is 19.4 Å². The van der Waals surface area contributed by atoms with Gasteiger partial charge in [0.1, 0.15) is 11.5 Å². The van der Waals surface area contributed by atoms with Gasteiger partial charge in [-0.05, 0) is 29.8 Å². The molecule has 126 valence electrons. The number of ether oxygens (including phenoxy) is 2. The number of carboxylic acids is 1. The fourth-order valence-electron chi connectivity index (χ4n) is 2.58. The first-order valence-corrected chi connectivity index (χ1v) is 8.08. The largest absolute Gasteiger partial charge is 0.479 e. The lowest BCUT2D eigenvalue weighted by Gasteiger charge is -2.31. The predicted molar refractivity (Wildman–Crippen MR) is 90.6 cm³/mol. The zero-order valence-electron chi connectivity index (χ0n) is 13.0. The van der Waals surface area contributed by atoms with Crippen molar-refractivity contribution in [2.75, 3.05) is 19.7 Å². The molecular formula is C18H18ClNO4. The molecule has 3 rings (SSSR count). The summed E-state index contributed by atoms with van der Waals surface area (Å²) in [7, 11) is 0. The number of carbonyl (C=O) groups is 1. The molecule has 0 aliphatic carbocycles. The number of para-hydroxylation sites is 1. The Kier molecular flexibility index (Phi) is 5.35.